The number of nitrogens with zero attached hydrogens (tertiary/aromatic N) is 3. The van der Waals surface area contributed by atoms with Crippen molar-refractivity contribution in [3.05, 3.63) is 94.0 Å². The van der Waals surface area contributed by atoms with Crippen LogP contribution in [0.15, 0.2) is 60.9 Å². The van der Waals surface area contributed by atoms with E-state index in [1.54, 1.807) is 13.0 Å². The largest absolute Gasteiger partial charge is 0.445 e. The number of ether oxygens (including phenoxy) is 1. The van der Waals surface area contributed by atoms with Crippen LogP contribution in [0, 0.1) is 18.3 Å². The number of halogens is 1. The maximum absolute atomic E-state index is 13.2. The first-order valence-electron chi connectivity index (χ1n) is 11.2. The Morgan fingerprint density at radius 3 is 2.49 bits per heavy atom. The number of hydrogen-bond acceptors (Lipinski definition) is 6. The molecule has 0 saturated carbocycles. The van der Waals surface area contributed by atoms with E-state index in [0.29, 0.717) is 22.7 Å². The van der Waals surface area contributed by atoms with Gasteiger partial charge in [0.1, 0.15) is 0 Å². The number of aromatic nitrogens is 2. The molecule has 0 radical (unpaired) electrons. The molecule has 0 aliphatic carbocycles. The Bertz CT molecular complexity index is 1230. The molecule has 1 aromatic heterocycles. The molecule has 2 unspecified atom stereocenters. The highest BCUT2D eigenvalue weighted by Gasteiger charge is 2.35. The zero-order valence-corrected chi connectivity index (χ0v) is 20.8. The van der Waals surface area contributed by atoms with Crippen molar-refractivity contribution in [2.45, 2.75) is 51.7 Å². The number of nitrogens with one attached hydrogen (secondary N) is 1. The van der Waals surface area contributed by atoms with E-state index >= 15 is 0 Å². The molecule has 1 heterocycles. The second kappa shape index (κ2) is 11.1. The second-order valence-electron chi connectivity index (χ2n) is 8.88. The first-order chi connectivity index (χ1) is 16.6. The van der Waals surface area contributed by atoms with Crippen LogP contribution in [0.2, 0.25) is 5.02 Å². The van der Waals surface area contributed by atoms with Crippen molar-refractivity contribution >= 4 is 23.5 Å². The summed E-state index contributed by atoms with van der Waals surface area (Å²) in [5, 5.41) is 13.0. The molecule has 1 amide bonds. The minimum Gasteiger partial charge on any atom is -0.445 e. The first-order valence-corrected chi connectivity index (χ1v) is 11.5. The van der Waals surface area contributed by atoms with Gasteiger partial charge in [0.2, 0.25) is 0 Å². The van der Waals surface area contributed by atoms with E-state index in [0.717, 1.165) is 11.1 Å². The van der Waals surface area contributed by atoms with Crippen LogP contribution in [-0.4, -0.2) is 33.5 Å². The third-order valence-electron chi connectivity index (χ3n) is 5.66. The fourth-order valence-corrected chi connectivity index (χ4v) is 3.73. The quantitative estimate of drug-likeness (QED) is 0.456. The number of hydrogen-bond donors (Lipinski definition) is 1. The van der Waals surface area contributed by atoms with Gasteiger partial charge in [0.25, 0.3) is 5.91 Å². The zero-order chi connectivity index (χ0) is 25.6. The van der Waals surface area contributed by atoms with Crippen LogP contribution in [0.3, 0.4) is 0 Å². The highest BCUT2D eigenvalue weighted by molar-refractivity contribution is 6.30. The molecule has 0 fully saturated rings. The van der Waals surface area contributed by atoms with Crippen LogP contribution in [0.25, 0.3) is 0 Å². The third-order valence-corrected chi connectivity index (χ3v) is 5.91. The van der Waals surface area contributed by atoms with Crippen molar-refractivity contribution in [1.82, 2.24) is 15.3 Å². The predicted octanol–water partition coefficient (Wildman–Crippen LogP) is 4.78. The number of rotatable bonds is 8. The minimum absolute atomic E-state index is 0.0263. The lowest BCUT2D eigenvalue weighted by molar-refractivity contribution is -0.138. The third kappa shape index (κ3) is 6.87. The summed E-state index contributed by atoms with van der Waals surface area (Å²) in [5.74, 6) is -1.33. The number of carbonyl (C=O) groups is 2. The highest BCUT2D eigenvalue weighted by Crippen LogP contribution is 2.27. The average Bonchev–Trinajstić information content (AvgIpc) is 2.83. The van der Waals surface area contributed by atoms with Gasteiger partial charge in [0, 0.05) is 23.2 Å². The van der Waals surface area contributed by atoms with Crippen LogP contribution in [0.5, 0.6) is 0 Å². The molecule has 8 heteroatoms. The number of esters is 1. The Morgan fingerprint density at radius 1 is 1.14 bits per heavy atom. The van der Waals surface area contributed by atoms with E-state index in [9.17, 15) is 14.9 Å². The standard InChI is InChI=1S/C27H27ClN4O3/c1-17-15-31-24(16-30-17)25(33)35-27(3,4)26(34)32-18(2)23(13-19-8-10-22(28)11-9-19)21-7-5-6-20(12-21)14-29/h5-12,15-16,18,23H,13H2,1-4H3,(H,32,34). The van der Waals surface area contributed by atoms with Crippen LogP contribution >= 0.6 is 11.6 Å². The Kier molecular flexibility index (Phi) is 8.21. The van der Waals surface area contributed by atoms with Gasteiger partial charge in [-0.1, -0.05) is 35.9 Å². The maximum atomic E-state index is 13.2. The summed E-state index contributed by atoms with van der Waals surface area (Å²) in [6.07, 6.45) is 3.38. The summed E-state index contributed by atoms with van der Waals surface area (Å²) in [5.41, 5.74) is 1.73. The van der Waals surface area contributed by atoms with Crippen molar-refractivity contribution in [1.29, 1.82) is 5.26 Å². The summed E-state index contributed by atoms with van der Waals surface area (Å²) >= 11 is 6.04. The van der Waals surface area contributed by atoms with Crippen molar-refractivity contribution < 1.29 is 14.3 Å². The van der Waals surface area contributed by atoms with Crippen molar-refractivity contribution in [3.63, 3.8) is 0 Å². The minimum atomic E-state index is -1.45. The average molecular weight is 491 g/mol. The molecule has 35 heavy (non-hydrogen) atoms. The topological polar surface area (TPSA) is 105 Å². The molecule has 0 aliphatic rings. The Hall–Kier alpha value is -3.76. The Balaban J connectivity index is 1.79. The van der Waals surface area contributed by atoms with Crippen molar-refractivity contribution in [2.75, 3.05) is 0 Å². The van der Waals surface area contributed by atoms with Gasteiger partial charge < -0.3 is 10.1 Å². The van der Waals surface area contributed by atoms with Gasteiger partial charge in [-0.25, -0.2) is 9.78 Å². The monoisotopic (exact) mass is 490 g/mol. The van der Waals surface area contributed by atoms with Crippen LogP contribution in [0.4, 0.5) is 0 Å². The summed E-state index contributed by atoms with van der Waals surface area (Å²) < 4.78 is 5.47. The molecule has 0 saturated heterocycles. The Morgan fingerprint density at radius 2 is 1.86 bits per heavy atom. The first kappa shape index (κ1) is 25.9. The second-order valence-corrected chi connectivity index (χ2v) is 9.32. The van der Waals surface area contributed by atoms with Crippen molar-refractivity contribution in [2.24, 2.45) is 0 Å². The zero-order valence-electron chi connectivity index (χ0n) is 20.1. The normalized spacial score (nSPS) is 12.8. The highest BCUT2D eigenvalue weighted by atomic mass is 35.5. The smallest absolute Gasteiger partial charge is 0.359 e. The number of amides is 1. The lowest BCUT2D eigenvalue weighted by Gasteiger charge is -2.30. The number of benzene rings is 2. The molecule has 0 spiro atoms. The lowest BCUT2D eigenvalue weighted by atomic mass is 9.85. The van der Waals surface area contributed by atoms with Crippen LogP contribution in [0.1, 0.15) is 59.6 Å². The van der Waals surface area contributed by atoms with E-state index in [2.05, 4.69) is 21.4 Å². The predicted molar refractivity (Wildman–Crippen MR) is 133 cm³/mol. The number of nitriles is 1. The van der Waals surface area contributed by atoms with Crippen molar-refractivity contribution in [3.8, 4) is 6.07 Å². The van der Waals surface area contributed by atoms with Gasteiger partial charge in [-0.3, -0.25) is 9.78 Å². The van der Waals surface area contributed by atoms with Gasteiger partial charge in [0.05, 0.1) is 23.5 Å². The van der Waals surface area contributed by atoms with E-state index in [1.165, 1.54) is 26.2 Å². The molecule has 180 valence electrons. The lowest BCUT2D eigenvalue weighted by Crippen LogP contribution is -2.50. The van der Waals surface area contributed by atoms with E-state index < -0.39 is 17.5 Å². The fourth-order valence-electron chi connectivity index (χ4n) is 3.61. The van der Waals surface area contributed by atoms with Gasteiger partial charge in [-0.15, -0.1) is 0 Å². The molecule has 0 aliphatic heterocycles. The van der Waals surface area contributed by atoms with Gasteiger partial charge in [0.15, 0.2) is 11.3 Å². The molecular weight excluding hydrogens is 464 g/mol. The van der Waals surface area contributed by atoms with Gasteiger partial charge >= 0.3 is 5.97 Å². The molecule has 7 nitrogen and oxygen atoms in total. The number of carbonyl (C=O) groups excluding carboxylic acids is 2. The molecule has 1 N–H and O–H groups in total. The summed E-state index contributed by atoms with van der Waals surface area (Å²) in [4.78, 5) is 33.7. The van der Waals surface area contributed by atoms with Crippen LogP contribution in [-0.2, 0) is 16.0 Å². The van der Waals surface area contributed by atoms with Crippen LogP contribution < -0.4 is 5.32 Å². The van der Waals surface area contributed by atoms with E-state index in [4.69, 9.17) is 16.3 Å². The van der Waals surface area contributed by atoms with Gasteiger partial charge in [-0.2, -0.15) is 5.26 Å². The molecule has 2 atom stereocenters. The SMILES string of the molecule is Cc1cnc(C(=O)OC(C)(C)C(=O)NC(C)C(Cc2ccc(Cl)cc2)c2cccc(C#N)c2)cn1. The van der Waals surface area contributed by atoms with E-state index in [1.807, 2.05) is 49.4 Å². The van der Waals surface area contributed by atoms with E-state index in [-0.39, 0.29) is 17.7 Å². The summed E-state index contributed by atoms with van der Waals surface area (Å²) in [6.45, 7) is 6.70. The Labute approximate surface area is 210 Å². The summed E-state index contributed by atoms with van der Waals surface area (Å²) in [7, 11) is 0. The maximum Gasteiger partial charge on any atom is 0.359 e. The summed E-state index contributed by atoms with van der Waals surface area (Å²) in [6, 6.07) is 16.7. The molecular formula is C27H27ClN4O3. The molecule has 3 rings (SSSR count). The fraction of sp³-hybridized carbons (Fsp3) is 0.296. The molecule has 3 aromatic rings. The molecule has 0 bridgehead atoms. The van der Waals surface area contributed by atoms with Gasteiger partial charge in [-0.05, 0) is 69.5 Å². The molecule has 2 aromatic carbocycles. The number of aryl methyl sites for hydroxylation is 1.